The SMILES string of the molecule is c1ccc(-c2nc(-c3cccc(-c4ccccc4C4(c5ccccc5)c5ccccc5Oc5ccccc54)c3)cc(-c3cccc4ccccc34)n2)cc1. The Morgan fingerprint density at radius 3 is 1.69 bits per heavy atom. The Morgan fingerprint density at radius 2 is 0.907 bits per heavy atom. The third-order valence-electron chi connectivity index (χ3n) is 10.6. The third-order valence-corrected chi connectivity index (χ3v) is 10.6. The van der Waals surface area contributed by atoms with Crippen molar-refractivity contribution in [1.29, 1.82) is 0 Å². The van der Waals surface area contributed by atoms with Crippen LogP contribution >= 0.6 is 0 Å². The molecule has 254 valence electrons. The Hall–Kier alpha value is -7.10. The van der Waals surface area contributed by atoms with Crippen LogP contribution in [0.25, 0.3) is 55.8 Å². The van der Waals surface area contributed by atoms with Gasteiger partial charge in [-0.1, -0.05) is 182 Å². The molecule has 9 aromatic rings. The van der Waals surface area contributed by atoms with E-state index in [1.165, 1.54) is 16.5 Å². The van der Waals surface area contributed by atoms with Gasteiger partial charge in [0, 0.05) is 27.8 Å². The van der Waals surface area contributed by atoms with Crippen LogP contribution in [0.3, 0.4) is 0 Å². The van der Waals surface area contributed by atoms with Crippen LogP contribution in [0, 0.1) is 0 Å². The first-order valence-corrected chi connectivity index (χ1v) is 18.3. The van der Waals surface area contributed by atoms with E-state index in [1.54, 1.807) is 0 Å². The number of nitrogens with zero attached hydrogens (tertiary/aromatic N) is 2. The molecule has 0 aliphatic carbocycles. The third kappa shape index (κ3) is 5.21. The Morgan fingerprint density at radius 1 is 0.370 bits per heavy atom. The largest absolute Gasteiger partial charge is 0.457 e. The molecule has 0 atom stereocenters. The highest BCUT2D eigenvalue weighted by Gasteiger charge is 2.46. The minimum absolute atomic E-state index is 0.643. The van der Waals surface area contributed by atoms with Gasteiger partial charge in [-0.3, -0.25) is 0 Å². The van der Waals surface area contributed by atoms with Crippen molar-refractivity contribution < 1.29 is 4.74 Å². The van der Waals surface area contributed by atoms with Crippen LogP contribution in [-0.2, 0) is 5.41 Å². The molecule has 1 aliphatic heterocycles. The zero-order valence-corrected chi connectivity index (χ0v) is 29.4. The minimum atomic E-state index is -0.643. The molecule has 54 heavy (non-hydrogen) atoms. The Labute approximate surface area is 314 Å². The summed E-state index contributed by atoms with van der Waals surface area (Å²) >= 11 is 0. The van der Waals surface area contributed by atoms with Crippen LogP contribution in [0.5, 0.6) is 11.5 Å². The van der Waals surface area contributed by atoms with Crippen molar-refractivity contribution >= 4 is 10.8 Å². The van der Waals surface area contributed by atoms with Gasteiger partial charge in [-0.05, 0) is 57.3 Å². The van der Waals surface area contributed by atoms with E-state index in [0.717, 1.165) is 67.2 Å². The van der Waals surface area contributed by atoms with Crippen molar-refractivity contribution in [3.63, 3.8) is 0 Å². The fourth-order valence-corrected chi connectivity index (χ4v) is 8.25. The maximum absolute atomic E-state index is 6.61. The summed E-state index contributed by atoms with van der Waals surface area (Å²) in [7, 11) is 0. The van der Waals surface area contributed by atoms with E-state index in [-0.39, 0.29) is 0 Å². The van der Waals surface area contributed by atoms with Gasteiger partial charge in [0.1, 0.15) is 11.5 Å². The predicted molar refractivity (Wildman–Crippen MR) is 220 cm³/mol. The minimum Gasteiger partial charge on any atom is -0.457 e. The number of hydrogen-bond acceptors (Lipinski definition) is 3. The van der Waals surface area contributed by atoms with E-state index >= 15 is 0 Å². The molecule has 2 heterocycles. The summed E-state index contributed by atoms with van der Waals surface area (Å²) in [6.45, 7) is 0. The monoisotopic (exact) mass is 690 g/mol. The van der Waals surface area contributed by atoms with Crippen molar-refractivity contribution in [1.82, 2.24) is 9.97 Å². The van der Waals surface area contributed by atoms with Gasteiger partial charge in [0.2, 0.25) is 0 Å². The topological polar surface area (TPSA) is 35.0 Å². The zero-order valence-electron chi connectivity index (χ0n) is 29.4. The van der Waals surface area contributed by atoms with Crippen molar-refractivity contribution in [3.05, 3.63) is 229 Å². The number of fused-ring (bicyclic) bond motifs is 3. The fourth-order valence-electron chi connectivity index (χ4n) is 8.25. The average Bonchev–Trinajstić information content (AvgIpc) is 3.26. The van der Waals surface area contributed by atoms with Crippen LogP contribution < -0.4 is 4.74 Å². The van der Waals surface area contributed by atoms with E-state index in [1.807, 2.05) is 18.2 Å². The van der Waals surface area contributed by atoms with Crippen LogP contribution in [0.15, 0.2) is 206 Å². The Kier molecular flexibility index (Phi) is 7.70. The second-order valence-electron chi connectivity index (χ2n) is 13.7. The summed E-state index contributed by atoms with van der Waals surface area (Å²) in [5.74, 6) is 2.42. The summed E-state index contributed by atoms with van der Waals surface area (Å²) in [6, 6.07) is 72.6. The summed E-state index contributed by atoms with van der Waals surface area (Å²) in [5, 5.41) is 2.34. The second kappa shape index (κ2) is 13.1. The van der Waals surface area contributed by atoms with Gasteiger partial charge in [-0.25, -0.2) is 9.97 Å². The van der Waals surface area contributed by atoms with Gasteiger partial charge in [0.25, 0.3) is 0 Å². The smallest absolute Gasteiger partial charge is 0.160 e. The molecule has 0 radical (unpaired) electrons. The van der Waals surface area contributed by atoms with Gasteiger partial charge in [-0.2, -0.15) is 0 Å². The van der Waals surface area contributed by atoms with Crippen LogP contribution in [-0.4, -0.2) is 9.97 Å². The van der Waals surface area contributed by atoms with E-state index in [2.05, 4.69) is 188 Å². The molecule has 0 saturated carbocycles. The molecule has 1 aliphatic rings. The molecule has 0 unspecified atom stereocenters. The van der Waals surface area contributed by atoms with E-state index < -0.39 is 5.41 Å². The molecule has 0 saturated heterocycles. The lowest BCUT2D eigenvalue weighted by Gasteiger charge is -2.42. The Balaban J connectivity index is 1.20. The number of hydrogen-bond donors (Lipinski definition) is 0. The van der Waals surface area contributed by atoms with Crippen LogP contribution in [0.2, 0.25) is 0 Å². The molecule has 0 N–H and O–H groups in total. The van der Waals surface area contributed by atoms with Crippen LogP contribution in [0.4, 0.5) is 0 Å². The molecule has 3 nitrogen and oxygen atoms in total. The van der Waals surface area contributed by atoms with Gasteiger partial charge >= 0.3 is 0 Å². The number of benzene rings is 8. The van der Waals surface area contributed by atoms with Crippen molar-refractivity contribution in [3.8, 4) is 56.5 Å². The summed E-state index contributed by atoms with van der Waals surface area (Å²) in [5.41, 5.74) is 11.0. The molecule has 3 heteroatoms. The lowest BCUT2D eigenvalue weighted by atomic mass is 9.62. The average molecular weight is 691 g/mol. The lowest BCUT2D eigenvalue weighted by molar-refractivity contribution is 0.434. The van der Waals surface area contributed by atoms with Gasteiger partial charge in [0.05, 0.1) is 16.8 Å². The standard InChI is InChI=1S/C51H34N2O/c1-3-18-36(19-4-1)50-52-46(34-47(53-50)42-27-16-20-35-17-7-8-25-40(35)42)38-22-15-21-37(33-38)41-26-9-10-28-43(41)51(39-23-5-2-6-24-39)44-29-11-13-31-48(44)54-49-32-14-12-30-45(49)51/h1-34H. The van der Waals surface area contributed by atoms with Crippen molar-refractivity contribution in [2.75, 3.05) is 0 Å². The highest BCUT2D eigenvalue weighted by Crippen LogP contribution is 2.56. The van der Waals surface area contributed by atoms with Crippen LogP contribution in [0.1, 0.15) is 22.3 Å². The van der Waals surface area contributed by atoms with Gasteiger partial charge in [-0.15, -0.1) is 0 Å². The molecule has 0 spiro atoms. The highest BCUT2D eigenvalue weighted by atomic mass is 16.5. The summed E-state index contributed by atoms with van der Waals surface area (Å²) in [6.07, 6.45) is 0. The first-order chi connectivity index (χ1) is 26.8. The van der Waals surface area contributed by atoms with E-state index in [0.29, 0.717) is 5.82 Å². The molecular formula is C51H34N2O. The van der Waals surface area contributed by atoms with E-state index in [9.17, 15) is 0 Å². The summed E-state index contributed by atoms with van der Waals surface area (Å²) in [4.78, 5) is 10.4. The first-order valence-electron chi connectivity index (χ1n) is 18.3. The maximum Gasteiger partial charge on any atom is 0.160 e. The molecule has 8 aromatic carbocycles. The predicted octanol–water partition coefficient (Wildman–Crippen LogP) is 12.8. The van der Waals surface area contributed by atoms with Gasteiger partial charge < -0.3 is 4.74 Å². The number of rotatable bonds is 6. The van der Waals surface area contributed by atoms with Crippen molar-refractivity contribution in [2.45, 2.75) is 5.41 Å². The normalized spacial score (nSPS) is 12.7. The summed E-state index contributed by atoms with van der Waals surface area (Å²) < 4.78 is 6.61. The quantitative estimate of drug-likeness (QED) is 0.174. The molecule has 0 bridgehead atoms. The molecule has 0 fully saturated rings. The number of ether oxygens (including phenoxy) is 1. The maximum atomic E-state index is 6.61. The first kappa shape index (κ1) is 31.6. The number of aromatic nitrogens is 2. The van der Waals surface area contributed by atoms with Gasteiger partial charge in [0.15, 0.2) is 5.82 Å². The highest BCUT2D eigenvalue weighted by molar-refractivity contribution is 5.96. The molecule has 10 rings (SSSR count). The molecule has 0 amide bonds. The molecular weight excluding hydrogens is 657 g/mol. The fraction of sp³-hybridized carbons (Fsp3) is 0.0196. The molecule has 1 aromatic heterocycles. The lowest BCUT2D eigenvalue weighted by Crippen LogP contribution is -2.34. The zero-order chi connectivity index (χ0) is 35.9. The second-order valence-corrected chi connectivity index (χ2v) is 13.7. The van der Waals surface area contributed by atoms with E-state index in [4.69, 9.17) is 14.7 Å². The number of para-hydroxylation sites is 2. The van der Waals surface area contributed by atoms with Crippen molar-refractivity contribution in [2.24, 2.45) is 0 Å². The Bertz CT molecular complexity index is 2760.